The second kappa shape index (κ2) is 6.58. The lowest BCUT2D eigenvalue weighted by Crippen LogP contribution is -2.41. The third kappa shape index (κ3) is 3.63. The van der Waals surface area contributed by atoms with Crippen molar-refractivity contribution in [3.8, 4) is 0 Å². The molecule has 116 valence electrons. The van der Waals surface area contributed by atoms with Gasteiger partial charge in [-0.1, -0.05) is 33.8 Å². The van der Waals surface area contributed by atoms with Crippen molar-refractivity contribution < 1.29 is 5.11 Å². The topological polar surface area (TPSA) is 50.1 Å². The molecule has 0 saturated carbocycles. The van der Waals surface area contributed by atoms with Gasteiger partial charge in [0.15, 0.2) is 0 Å². The van der Waals surface area contributed by atoms with Crippen LogP contribution >= 0.6 is 0 Å². The highest BCUT2D eigenvalue weighted by Crippen LogP contribution is 2.25. The monoisotopic (exact) mass is 289 g/mol. The molecule has 1 aromatic heterocycles. The van der Waals surface area contributed by atoms with Crippen LogP contribution < -0.4 is 5.32 Å². The number of hydrogen-bond acceptors (Lipinski definition) is 3. The maximum atomic E-state index is 10.7. The third-order valence-electron chi connectivity index (χ3n) is 3.91. The molecule has 21 heavy (non-hydrogen) atoms. The molecule has 4 heteroatoms. The number of imidazole rings is 1. The van der Waals surface area contributed by atoms with Crippen LogP contribution in [0.5, 0.6) is 0 Å². The van der Waals surface area contributed by atoms with Crippen molar-refractivity contribution in [1.82, 2.24) is 14.9 Å². The van der Waals surface area contributed by atoms with Crippen molar-refractivity contribution in [2.24, 2.45) is 18.9 Å². The lowest BCUT2D eigenvalue weighted by molar-refractivity contribution is 0.103. The van der Waals surface area contributed by atoms with Crippen LogP contribution in [0.3, 0.4) is 0 Å². The third-order valence-corrected chi connectivity index (χ3v) is 3.91. The average Bonchev–Trinajstić information content (AvgIpc) is 2.79. The van der Waals surface area contributed by atoms with E-state index in [-0.39, 0.29) is 6.04 Å². The van der Waals surface area contributed by atoms with Crippen LogP contribution in [-0.2, 0) is 7.05 Å². The minimum atomic E-state index is -0.518. The number of fused-ring (bicyclic) bond motifs is 1. The molecule has 2 unspecified atom stereocenters. The van der Waals surface area contributed by atoms with E-state index in [1.807, 2.05) is 29.8 Å². The summed E-state index contributed by atoms with van der Waals surface area (Å²) in [5.41, 5.74) is 2.94. The van der Waals surface area contributed by atoms with Gasteiger partial charge in [0.1, 0.15) is 0 Å². The van der Waals surface area contributed by atoms with Gasteiger partial charge in [0.25, 0.3) is 0 Å². The van der Waals surface area contributed by atoms with Crippen LogP contribution in [-0.4, -0.2) is 27.2 Å². The second-order valence-corrected chi connectivity index (χ2v) is 6.62. The van der Waals surface area contributed by atoms with E-state index in [0.29, 0.717) is 11.8 Å². The molecule has 2 rings (SSSR count). The number of rotatable bonds is 6. The first kappa shape index (κ1) is 16.0. The van der Waals surface area contributed by atoms with Gasteiger partial charge in [-0.2, -0.15) is 0 Å². The van der Waals surface area contributed by atoms with Crippen LogP contribution in [0.4, 0.5) is 0 Å². The molecule has 0 radical (unpaired) electrons. The molecule has 0 bridgehead atoms. The Morgan fingerprint density at radius 3 is 2.57 bits per heavy atom. The Morgan fingerprint density at radius 2 is 1.95 bits per heavy atom. The number of benzene rings is 1. The zero-order valence-electron chi connectivity index (χ0n) is 13.7. The molecule has 2 N–H and O–H groups in total. The molecule has 1 heterocycles. The lowest BCUT2D eigenvalue weighted by atomic mass is 9.92. The Hall–Kier alpha value is -1.39. The molecule has 0 aliphatic heterocycles. The molecule has 0 amide bonds. The highest BCUT2D eigenvalue weighted by molar-refractivity contribution is 5.76. The summed E-state index contributed by atoms with van der Waals surface area (Å²) in [5, 5.41) is 14.2. The molecule has 0 saturated heterocycles. The Kier molecular flexibility index (Phi) is 5.01. The van der Waals surface area contributed by atoms with Crippen LogP contribution in [0, 0.1) is 11.8 Å². The Bertz CT molecular complexity index is 589. The Morgan fingerprint density at radius 1 is 1.24 bits per heavy atom. The number of nitrogens with zero attached hydrogens (tertiary/aromatic N) is 2. The highest BCUT2D eigenvalue weighted by atomic mass is 16.3. The van der Waals surface area contributed by atoms with E-state index in [4.69, 9.17) is 0 Å². The fourth-order valence-electron chi connectivity index (χ4n) is 2.63. The molecule has 2 aromatic rings. The number of aryl methyl sites for hydroxylation is 1. The molecule has 4 nitrogen and oxygen atoms in total. The van der Waals surface area contributed by atoms with Crippen LogP contribution in [0.25, 0.3) is 11.0 Å². The normalized spacial score (nSPS) is 15.0. The molecule has 0 aliphatic rings. The number of aromatic nitrogens is 2. The summed E-state index contributed by atoms with van der Waals surface area (Å²) in [4.78, 5) is 4.37. The van der Waals surface area contributed by atoms with E-state index in [1.165, 1.54) is 0 Å². The first-order valence-electron chi connectivity index (χ1n) is 7.72. The zero-order chi connectivity index (χ0) is 15.6. The number of aliphatic hydroxyl groups is 1. The Balaban J connectivity index is 2.22. The van der Waals surface area contributed by atoms with Gasteiger partial charge in [-0.3, -0.25) is 0 Å². The van der Waals surface area contributed by atoms with Gasteiger partial charge in [0.2, 0.25) is 0 Å². The van der Waals surface area contributed by atoms with Crippen molar-refractivity contribution >= 4 is 11.0 Å². The molecule has 1 aromatic carbocycles. The quantitative estimate of drug-likeness (QED) is 0.859. The summed E-state index contributed by atoms with van der Waals surface area (Å²) < 4.78 is 1.99. The van der Waals surface area contributed by atoms with Crippen molar-refractivity contribution in [1.29, 1.82) is 0 Å². The zero-order valence-corrected chi connectivity index (χ0v) is 13.7. The van der Waals surface area contributed by atoms with E-state index in [2.05, 4.69) is 38.0 Å². The van der Waals surface area contributed by atoms with Gasteiger partial charge in [-0.05, 0) is 36.1 Å². The molecule has 0 aliphatic carbocycles. The first-order valence-corrected chi connectivity index (χ1v) is 7.72. The van der Waals surface area contributed by atoms with E-state index in [9.17, 15) is 5.11 Å². The minimum absolute atomic E-state index is 0.0496. The highest BCUT2D eigenvalue weighted by Gasteiger charge is 2.24. The van der Waals surface area contributed by atoms with E-state index in [0.717, 1.165) is 23.1 Å². The van der Waals surface area contributed by atoms with E-state index >= 15 is 0 Å². The first-order chi connectivity index (χ1) is 9.90. The molecule has 0 fully saturated rings. The number of aliphatic hydroxyl groups excluding tert-OH is 1. The molecule has 0 spiro atoms. The van der Waals surface area contributed by atoms with Gasteiger partial charge >= 0.3 is 0 Å². The fraction of sp³-hybridized carbons (Fsp3) is 0.588. The lowest BCUT2D eigenvalue weighted by Gasteiger charge is -2.28. The SMILES string of the molecule is CC(C)CNC(C(C)C)C(O)c1ccc2c(c1)ncn2C. The summed E-state index contributed by atoms with van der Waals surface area (Å²) in [6.07, 6.45) is 1.28. The van der Waals surface area contributed by atoms with E-state index in [1.54, 1.807) is 6.33 Å². The molecule has 2 atom stereocenters. The maximum Gasteiger partial charge on any atom is 0.0955 e. The van der Waals surface area contributed by atoms with Crippen LogP contribution in [0.15, 0.2) is 24.5 Å². The van der Waals surface area contributed by atoms with Gasteiger partial charge < -0.3 is 15.0 Å². The molecular weight excluding hydrogens is 262 g/mol. The standard InChI is InChI=1S/C17H27N3O/c1-11(2)9-18-16(12(3)4)17(21)13-6-7-15-14(8-13)19-10-20(15)5/h6-8,10-12,16-18,21H,9H2,1-5H3. The number of nitrogens with one attached hydrogen (secondary N) is 1. The summed E-state index contributed by atoms with van der Waals surface area (Å²) in [6.45, 7) is 9.54. The van der Waals surface area contributed by atoms with Crippen molar-refractivity contribution in [3.63, 3.8) is 0 Å². The van der Waals surface area contributed by atoms with Crippen LogP contribution in [0.2, 0.25) is 0 Å². The van der Waals surface area contributed by atoms with Gasteiger partial charge in [-0.15, -0.1) is 0 Å². The Labute approximate surface area is 127 Å². The predicted molar refractivity (Wildman–Crippen MR) is 87.1 cm³/mol. The van der Waals surface area contributed by atoms with Gasteiger partial charge in [0, 0.05) is 13.1 Å². The predicted octanol–water partition coefficient (Wildman–Crippen LogP) is 2.88. The summed E-state index contributed by atoms with van der Waals surface area (Å²) in [7, 11) is 1.98. The smallest absolute Gasteiger partial charge is 0.0955 e. The van der Waals surface area contributed by atoms with Gasteiger partial charge in [-0.25, -0.2) is 4.98 Å². The van der Waals surface area contributed by atoms with Crippen molar-refractivity contribution in [2.45, 2.75) is 39.8 Å². The number of hydrogen-bond donors (Lipinski definition) is 2. The second-order valence-electron chi connectivity index (χ2n) is 6.62. The van der Waals surface area contributed by atoms with Gasteiger partial charge in [0.05, 0.1) is 23.5 Å². The summed E-state index contributed by atoms with van der Waals surface area (Å²) in [5.74, 6) is 0.926. The van der Waals surface area contributed by atoms with Crippen LogP contribution in [0.1, 0.15) is 39.4 Å². The fourth-order valence-corrected chi connectivity index (χ4v) is 2.63. The maximum absolute atomic E-state index is 10.7. The summed E-state index contributed by atoms with van der Waals surface area (Å²) in [6, 6.07) is 6.07. The largest absolute Gasteiger partial charge is 0.387 e. The van der Waals surface area contributed by atoms with Crippen molar-refractivity contribution in [2.75, 3.05) is 6.54 Å². The van der Waals surface area contributed by atoms with Crippen molar-refractivity contribution in [3.05, 3.63) is 30.1 Å². The van der Waals surface area contributed by atoms with E-state index < -0.39 is 6.10 Å². The minimum Gasteiger partial charge on any atom is -0.387 e. The summed E-state index contributed by atoms with van der Waals surface area (Å²) >= 11 is 0. The average molecular weight is 289 g/mol. The molecular formula is C17H27N3O.